The highest BCUT2D eigenvalue weighted by atomic mass is 35.5. The lowest BCUT2D eigenvalue weighted by Gasteiger charge is -2.47. The summed E-state index contributed by atoms with van der Waals surface area (Å²) in [4.78, 5) is 44.7. The molecular weight excluding hydrogens is 874 g/mol. The molecule has 5 aromatic rings. The fourth-order valence-electron chi connectivity index (χ4n) is 9.71. The Morgan fingerprint density at radius 2 is 1.80 bits per heavy atom. The third-order valence-corrected chi connectivity index (χ3v) is 15.0. The molecule has 2 aliphatic carbocycles. The summed E-state index contributed by atoms with van der Waals surface area (Å²) >= 11 is 6.29. The van der Waals surface area contributed by atoms with Crippen molar-refractivity contribution in [2.24, 2.45) is 5.41 Å². The highest BCUT2D eigenvalue weighted by Gasteiger charge is 2.41. The maximum Gasteiger partial charge on any atom is 0.293 e. The van der Waals surface area contributed by atoms with E-state index in [-0.39, 0.29) is 36.3 Å². The molecule has 3 aromatic heterocycles. The Balaban J connectivity index is 0.906. The molecule has 3 N–H and O–H groups in total. The van der Waals surface area contributed by atoms with Crippen LogP contribution >= 0.6 is 11.6 Å². The normalized spacial score (nSPS) is 20.0. The number of sulfonamides is 1. The standard InChI is InChI=1S/C46H50ClN9O8S/c47-33-4-2-30(3-5-33)37-26-46(12-1-13-46)14-10-32(37)28-53-16-18-54(19-17-53)41-9-7-36(43(50-41)55-20-21-64-45-40(55)24-31-11-15-48-42(31)51-45)44(57)52-65(60,61)35-6-8-38(39(25-35)56(58)59)49-27-34-29-62-22-23-63-34/h2-9,11,15,24-25,34,49H,1,10,12-14,16-23,26-29H2,(H,48,51)(H,52,57)/t34-/m0/s1. The van der Waals surface area contributed by atoms with Crippen LogP contribution in [0.4, 0.5) is 28.7 Å². The molecule has 0 bridgehead atoms. The van der Waals surface area contributed by atoms with Crippen molar-refractivity contribution in [2.75, 3.05) is 87.4 Å². The summed E-state index contributed by atoms with van der Waals surface area (Å²) in [6.45, 7) is 5.82. The summed E-state index contributed by atoms with van der Waals surface area (Å²) < 4.78 is 46.9. The number of anilines is 4. The maximum absolute atomic E-state index is 14.3. The highest BCUT2D eigenvalue weighted by Crippen LogP contribution is 2.55. The third-order valence-electron chi connectivity index (χ3n) is 13.4. The number of piperazine rings is 1. The Kier molecular flexibility index (Phi) is 11.9. The molecule has 1 saturated carbocycles. The lowest BCUT2D eigenvalue weighted by Crippen LogP contribution is -2.47. The first kappa shape index (κ1) is 43.1. The molecule has 3 aliphatic heterocycles. The van der Waals surface area contributed by atoms with E-state index in [0.29, 0.717) is 67.9 Å². The van der Waals surface area contributed by atoms with Crippen LogP contribution in [0.3, 0.4) is 0 Å². The summed E-state index contributed by atoms with van der Waals surface area (Å²) in [6, 6.07) is 18.8. The van der Waals surface area contributed by atoms with Crippen molar-refractivity contribution in [1.29, 1.82) is 0 Å². The number of halogens is 1. The number of nitro groups is 1. The van der Waals surface area contributed by atoms with E-state index in [9.17, 15) is 23.3 Å². The molecule has 65 heavy (non-hydrogen) atoms. The fraction of sp³-hybridized carbons (Fsp3) is 0.413. The number of pyridine rings is 2. The Labute approximate surface area is 381 Å². The Morgan fingerprint density at radius 1 is 0.969 bits per heavy atom. The van der Waals surface area contributed by atoms with E-state index in [1.165, 1.54) is 54.5 Å². The lowest BCUT2D eigenvalue weighted by molar-refractivity contribution is -0.384. The summed E-state index contributed by atoms with van der Waals surface area (Å²) in [5.41, 5.74) is 5.49. The third kappa shape index (κ3) is 8.97. The molecule has 19 heteroatoms. The van der Waals surface area contributed by atoms with Crippen molar-refractivity contribution in [3.05, 3.63) is 105 Å². The molecule has 6 heterocycles. The smallest absolute Gasteiger partial charge is 0.293 e. The maximum atomic E-state index is 14.3. The molecule has 2 saturated heterocycles. The molecule has 3 fully saturated rings. The molecule has 5 aliphatic rings. The van der Waals surface area contributed by atoms with Crippen molar-refractivity contribution in [1.82, 2.24) is 24.6 Å². The van der Waals surface area contributed by atoms with Gasteiger partial charge in [0.25, 0.3) is 21.6 Å². The molecule has 1 spiro atoms. The molecule has 2 aromatic carbocycles. The molecular formula is C46H50ClN9O8S. The second-order valence-electron chi connectivity index (χ2n) is 17.5. The van der Waals surface area contributed by atoms with Gasteiger partial charge in [-0.15, -0.1) is 0 Å². The Morgan fingerprint density at radius 3 is 2.55 bits per heavy atom. The van der Waals surface area contributed by atoms with Gasteiger partial charge < -0.3 is 34.3 Å². The van der Waals surface area contributed by atoms with E-state index in [2.05, 4.69) is 41.9 Å². The summed E-state index contributed by atoms with van der Waals surface area (Å²) in [5.74, 6) is 0.251. The number of carbonyl (C=O) groups is 1. The van der Waals surface area contributed by atoms with Crippen LogP contribution in [0.1, 0.15) is 54.4 Å². The minimum absolute atomic E-state index is 0.0105. The first-order valence-corrected chi connectivity index (χ1v) is 24.0. The zero-order valence-electron chi connectivity index (χ0n) is 35.8. The number of hydrogen-bond acceptors (Lipinski definition) is 14. The van der Waals surface area contributed by atoms with Gasteiger partial charge in [-0.1, -0.05) is 35.7 Å². The Bertz CT molecular complexity index is 2770. The predicted octanol–water partition coefficient (Wildman–Crippen LogP) is 6.93. The zero-order chi connectivity index (χ0) is 44.7. The van der Waals surface area contributed by atoms with Crippen LogP contribution in [0.5, 0.6) is 5.88 Å². The molecule has 1 atom stereocenters. The molecule has 0 radical (unpaired) electrons. The number of aromatic amines is 1. The SMILES string of the molecule is O=C(NS(=O)(=O)c1ccc(NC[C@H]2COCCO2)c([N+](=O)[O-])c1)c1ccc(N2CCN(CC3=C(c4ccc(Cl)cc4)CC4(CCC4)CC3)CC2)nc1N1CCOc2nc3[nH]ccc3cc21. The first-order valence-electron chi connectivity index (χ1n) is 22.1. The van der Waals surface area contributed by atoms with E-state index in [1.807, 2.05) is 29.2 Å². The van der Waals surface area contributed by atoms with Crippen LogP contribution < -0.4 is 24.6 Å². The number of fused-ring (bicyclic) bond motifs is 2. The number of nitrogens with one attached hydrogen (secondary N) is 3. The number of aromatic nitrogens is 3. The van der Waals surface area contributed by atoms with E-state index in [0.717, 1.165) is 49.0 Å². The van der Waals surface area contributed by atoms with Gasteiger partial charge in [0.05, 0.1) is 47.9 Å². The van der Waals surface area contributed by atoms with Gasteiger partial charge in [0, 0.05) is 61.9 Å². The summed E-state index contributed by atoms with van der Waals surface area (Å²) in [6.07, 6.45) is 8.81. The molecule has 10 rings (SSSR count). The fourth-order valence-corrected chi connectivity index (χ4v) is 10.8. The average molecular weight is 924 g/mol. The van der Waals surface area contributed by atoms with Gasteiger partial charge in [-0.05, 0) is 97.2 Å². The number of nitrogens with zero attached hydrogens (tertiary/aromatic N) is 6. The van der Waals surface area contributed by atoms with E-state index >= 15 is 0 Å². The number of H-pyrrole nitrogens is 1. The van der Waals surface area contributed by atoms with E-state index < -0.39 is 31.4 Å². The van der Waals surface area contributed by atoms with Gasteiger partial charge in [0.2, 0.25) is 5.88 Å². The number of hydrogen-bond donors (Lipinski definition) is 3. The molecule has 17 nitrogen and oxygen atoms in total. The Hall–Kier alpha value is -5.79. The van der Waals surface area contributed by atoms with Crippen LogP contribution in [-0.2, 0) is 19.5 Å². The van der Waals surface area contributed by atoms with Crippen molar-refractivity contribution >= 4 is 72.8 Å². The van der Waals surface area contributed by atoms with Crippen LogP contribution in [0.2, 0.25) is 5.02 Å². The second kappa shape index (κ2) is 17.9. The average Bonchev–Trinajstić information content (AvgIpc) is 3.77. The molecule has 1 amide bonds. The van der Waals surface area contributed by atoms with Crippen molar-refractivity contribution < 1.29 is 32.3 Å². The van der Waals surface area contributed by atoms with Gasteiger partial charge in [-0.2, -0.15) is 4.98 Å². The predicted molar refractivity (Wildman–Crippen MR) is 247 cm³/mol. The first-order chi connectivity index (χ1) is 31.5. The number of rotatable bonds is 12. The summed E-state index contributed by atoms with van der Waals surface area (Å²) in [7, 11) is -4.61. The second-order valence-corrected chi connectivity index (χ2v) is 19.6. The number of amides is 1. The number of ether oxygens (including phenoxy) is 3. The van der Waals surface area contributed by atoms with Crippen LogP contribution in [0.25, 0.3) is 16.6 Å². The minimum Gasteiger partial charge on any atom is -0.474 e. The minimum atomic E-state index is -4.61. The zero-order valence-corrected chi connectivity index (χ0v) is 37.3. The van der Waals surface area contributed by atoms with Gasteiger partial charge in [-0.3, -0.25) is 19.8 Å². The van der Waals surface area contributed by atoms with Gasteiger partial charge in [0.1, 0.15) is 35.3 Å². The summed E-state index contributed by atoms with van der Waals surface area (Å²) in [5, 5.41) is 16.7. The number of carbonyl (C=O) groups excluding carboxylic acids is 1. The van der Waals surface area contributed by atoms with Crippen molar-refractivity contribution in [2.45, 2.75) is 49.5 Å². The number of nitro benzene ring substituents is 1. The van der Waals surface area contributed by atoms with Crippen LogP contribution in [0.15, 0.2) is 83.4 Å². The molecule has 340 valence electrons. The van der Waals surface area contributed by atoms with E-state index in [1.54, 1.807) is 18.3 Å². The highest BCUT2D eigenvalue weighted by molar-refractivity contribution is 7.90. The van der Waals surface area contributed by atoms with Crippen molar-refractivity contribution in [3.8, 4) is 5.88 Å². The van der Waals surface area contributed by atoms with Crippen LogP contribution in [-0.4, -0.2) is 117 Å². The van der Waals surface area contributed by atoms with Gasteiger partial charge in [0.15, 0.2) is 0 Å². The van der Waals surface area contributed by atoms with Crippen LogP contribution in [0, 0.1) is 15.5 Å². The van der Waals surface area contributed by atoms with Gasteiger partial charge in [-0.25, -0.2) is 18.1 Å². The number of benzene rings is 2. The van der Waals surface area contributed by atoms with Gasteiger partial charge >= 0.3 is 0 Å². The number of allylic oxidation sites excluding steroid dienone is 1. The van der Waals surface area contributed by atoms with E-state index in [4.69, 9.17) is 30.8 Å². The largest absolute Gasteiger partial charge is 0.474 e. The topological polar surface area (TPSA) is 197 Å². The quantitative estimate of drug-likeness (QED) is 0.0861. The lowest BCUT2D eigenvalue weighted by atomic mass is 9.59. The monoisotopic (exact) mass is 923 g/mol. The van der Waals surface area contributed by atoms with Crippen molar-refractivity contribution in [3.63, 3.8) is 0 Å². The molecule has 0 unspecified atom stereocenters.